The van der Waals surface area contributed by atoms with E-state index in [4.69, 9.17) is 26.4 Å². The zero-order valence-corrected chi connectivity index (χ0v) is 19.2. The number of ketones is 1. The summed E-state index contributed by atoms with van der Waals surface area (Å²) >= 11 is 7.38. The monoisotopic (exact) mass is 518 g/mol. The average Bonchev–Trinajstić information content (AvgIpc) is 2.60. The summed E-state index contributed by atoms with van der Waals surface area (Å²) in [6.45, 7) is 7.44. The van der Waals surface area contributed by atoms with Crippen molar-refractivity contribution >= 4 is 51.7 Å². The Morgan fingerprint density at radius 3 is 2.54 bits per heavy atom. The first kappa shape index (κ1) is 22.4. The lowest BCUT2D eigenvalue weighted by Gasteiger charge is -2.30. The standard InChI is InChI=1S/C19H23IN2O5S/c1-5-25-14-8-12(7-13(20)18(14)27-9-15(24)26-6-2)17-16(11(4)23)10(3)21-19(28)22-17/h7-8,17H,5-6,9H2,1-4H3,(H2,21,22,28)/t17-/m0/s1. The Morgan fingerprint density at radius 1 is 1.21 bits per heavy atom. The molecule has 0 bridgehead atoms. The molecule has 2 rings (SSSR count). The van der Waals surface area contributed by atoms with E-state index in [1.165, 1.54) is 6.92 Å². The number of halogens is 1. The van der Waals surface area contributed by atoms with Crippen LogP contribution in [-0.2, 0) is 14.3 Å². The predicted octanol–water partition coefficient (Wildman–Crippen LogP) is 3.01. The van der Waals surface area contributed by atoms with E-state index in [0.717, 1.165) is 14.8 Å². The van der Waals surface area contributed by atoms with Crippen molar-refractivity contribution in [2.75, 3.05) is 19.8 Å². The molecular weight excluding hydrogens is 495 g/mol. The fourth-order valence-corrected chi connectivity index (χ4v) is 3.95. The molecule has 1 aromatic carbocycles. The molecule has 0 aliphatic carbocycles. The van der Waals surface area contributed by atoms with Crippen molar-refractivity contribution in [1.82, 2.24) is 10.6 Å². The molecule has 0 saturated heterocycles. The smallest absolute Gasteiger partial charge is 0.344 e. The largest absolute Gasteiger partial charge is 0.490 e. The second-order valence-corrected chi connectivity index (χ2v) is 7.55. The fraction of sp³-hybridized carbons (Fsp3) is 0.421. The van der Waals surface area contributed by atoms with Crippen molar-refractivity contribution in [2.45, 2.75) is 33.7 Å². The summed E-state index contributed by atoms with van der Waals surface area (Å²) < 4.78 is 17.0. The van der Waals surface area contributed by atoms with Gasteiger partial charge in [0.25, 0.3) is 0 Å². The summed E-state index contributed by atoms with van der Waals surface area (Å²) in [5.41, 5.74) is 2.13. The number of ether oxygens (including phenoxy) is 3. The van der Waals surface area contributed by atoms with Crippen molar-refractivity contribution in [3.8, 4) is 11.5 Å². The maximum Gasteiger partial charge on any atom is 0.344 e. The third kappa shape index (κ3) is 5.34. The van der Waals surface area contributed by atoms with Crippen LogP contribution in [0.25, 0.3) is 0 Å². The van der Waals surface area contributed by atoms with E-state index in [9.17, 15) is 9.59 Å². The molecule has 28 heavy (non-hydrogen) atoms. The van der Waals surface area contributed by atoms with Gasteiger partial charge in [-0.2, -0.15) is 0 Å². The Kier molecular flexibility index (Phi) is 8.05. The van der Waals surface area contributed by atoms with E-state index in [2.05, 4.69) is 33.2 Å². The average molecular weight is 518 g/mol. The highest BCUT2D eigenvalue weighted by molar-refractivity contribution is 14.1. The zero-order chi connectivity index (χ0) is 20.8. The van der Waals surface area contributed by atoms with Gasteiger partial charge in [0.05, 0.1) is 22.8 Å². The molecule has 0 aromatic heterocycles. The molecule has 0 saturated carbocycles. The third-order valence-electron chi connectivity index (χ3n) is 3.95. The van der Waals surface area contributed by atoms with Gasteiger partial charge in [0, 0.05) is 11.3 Å². The number of hydrogen-bond donors (Lipinski definition) is 2. The molecule has 0 fully saturated rings. The van der Waals surface area contributed by atoms with Crippen molar-refractivity contribution in [2.24, 2.45) is 0 Å². The van der Waals surface area contributed by atoms with Gasteiger partial charge >= 0.3 is 5.97 Å². The van der Waals surface area contributed by atoms with E-state index in [1.54, 1.807) is 13.0 Å². The summed E-state index contributed by atoms with van der Waals surface area (Å²) in [5.74, 6) is 0.439. The number of carbonyl (C=O) groups is 2. The van der Waals surface area contributed by atoms with Crippen molar-refractivity contribution in [3.63, 3.8) is 0 Å². The lowest BCUT2D eigenvalue weighted by atomic mass is 9.93. The third-order valence-corrected chi connectivity index (χ3v) is 4.97. The Hall–Kier alpha value is -1.88. The second kappa shape index (κ2) is 10.1. The number of thiocarbonyl (C=S) groups is 1. The van der Waals surface area contributed by atoms with Crippen LogP contribution >= 0.6 is 34.8 Å². The van der Waals surface area contributed by atoms with Crippen LogP contribution in [-0.4, -0.2) is 36.7 Å². The first-order chi connectivity index (χ1) is 13.3. The molecule has 0 amide bonds. The van der Waals surface area contributed by atoms with Gasteiger partial charge in [-0.3, -0.25) is 4.79 Å². The van der Waals surface area contributed by atoms with Gasteiger partial charge in [0.15, 0.2) is 29.0 Å². The molecule has 1 aliphatic heterocycles. The molecule has 1 aromatic rings. The zero-order valence-electron chi connectivity index (χ0n) is 16.2. The molecule has 0 spiro atoms. The maximum atomic E-state index is 12.2. The number of benzene rings is 1. The van der Waals surface area contributed by atoms with Gasteiger partial charge in [0.1, 0.15) is 0 Å². The summed E-state index contributed by atoms with van der Waals surface area (Å²) in [6, 6.07) is 3.28. The SMILES string of the molecule is CCOC(=O)COc1c(I)cc([C@@H]2NC(=S)NC(C)=C2C(C)=O)cc1OCC. The van der Waals surface area contributed by atoms with Crippen LogP contribution < -0.4 is 20.1 Å². The molecule has 2 N–H and O–H groups in total. The molecule has 9 heteroatoms. The highest BCUT2D eigenvalue weighted by Crippen LogP contribution is 2.38. The number of Topliss-reactive ketones (excluding diaryl/α,β-unsaturated/α-hetero) is 1. The molecule has 1 atom stereocenters. The molecule has 7 nitrogen and oxygen atoms in total. The number of nitrogens with one attached hydrogen (secondary N) is 2. The number of esters is 1. The van der Waals surface area contributed by atoms with Crippen LogP contribution in [0.5, 0.6) is 11.5 Å². The van der Waals surface area contributed by atoms with E-state index in [1.807, 2.05) is 19.9 Å². The van der Waals surface area contributed by atoms with E-state index >= 15 is 0 Å². The van der Waals surface area contributed by atoms with Crippen molar-refractivity contribution in [1.29, 1.82) is 0 Å². The molecule has 152 valence electrons. The summed E-state index contributed by atoms with van der Waals surface area (Å²) in [7, 11) is 0. The predicted molar refractivity (Wildman–Crippen MR) is 117 cm³/mol. The second-order valence-electron chi connectivity index (χ2n) is 5.98. The van der Waals surface area contributed by atoms with E-state index < -0.39 is 12.0 Å². The van der Waals surface area contributed by atoms with Gasteiger partial charge in [-0.15, -0.1) is 0 Å². The van der Waals surface area contributed by atoms with Crippen LogP contribution in [0.1, 0.15) is 39.3 Å². The van der Waals surface area contributed by atoms with Gasteiger partial charge in [-0.05, 0) is 80.2 Å². The fourth-order valence-electron chi connectivity index (χ4n) is 2.90. The van der Waals surface area contributed by atoms with Crippen LogP contribution in [0.3, 0.4) is 0 Å². The Bertz CT molecular complexity index is 825. The van der Waals surface area contributed by atoms with Gasteiger partial charge in [-0.25, -0.2) is 4.79 Å². The number of rotatable bonds is 8. The quantitative estimate of drug-likeness (QED) is 0.309. The molecule has 1 aliphatic rings. The minimum Gasteiger partial charge on any atom is -0.490 e. The van der Waals surface area contributed by atoms with Crippen LogP contribution in [0.2, 0.25) is 0 Å². The Balaban J connectivity index is 2.43. The van der Waals surface area contributed by atoms with E-state index in [-0.39, 0.29) is 19.0 Å². The lowest BCUT2D eigenvalue weighted by Crippen LogP contribution is -2.44. The number of carbonyl (C=O) groups excluding carboxylic acids is 2. The maximum absolute atomic E-state index is 12.2. The Labute approximate surface area is 183 Å². The minimum atomic E-state index is -0.451. The highest BCUT2D eigenvalue weighted by atomic mass is 127. The first-order valence-corrected chi connectivity index (χ1v) is 10.3. The molecule has 0 radical (unpaired) electrons. The highest BCUT2D eigenvalue weighted by Gasteiger charge is 2.29. The summed E-state index contributed by atoms with van der Waals surface area (Å²) in [4.78, 5) is 23.8. The van der Waals surface area contributed by atoms with Crippen LogP contribution in [0.15, 0.2) is 23.4 Å². The van der Waals surface area contributed by atoms with Gasteiger partial charge in [-0.1, -0.05) is 0 Å². The number of allylic oxidation sites excluding steroid dienone is 1. The minimum absolute atomic E-state index is 0.0550. The topological polar surface area (TPSA) is 85.9 Å². The van der Waals surface area contributed by atoms with Crippen molar-refractivity contribution < 1.29 is 23.8 Å². The van der Waals surface area contributed by atoms with E-state index in [0.29, 0.717) is 28.8 Å². The molecule has 0 unspecified atom stereocenters. The molecule has 1 heterocycles. The summed E-state index contributed by atoms with van der Waals surface area (Å²) in [5, 5.41) is 6.58. The van der Waals surface area contributed by atoms with Crippen molar-refractivity contribution in [3.05, 3.63) is 32.5 Å². The number of hydrogen-bond acceptors (Lipinski definition) is 6. The first-order valence-electron chi connectivity index (χ1n) is 8.82. The summed E-state index contributed by atoms with van der Waals surface area (Å²) in [6.07, 6.45) is 0. The van der Waals surface area contributed by atoms with Gasteiger partial charge in [0.2, 0.25) is 0 Å². The van der Waals surface area contributed by atoms with Crippen LogP contribution in [0.4, 0.5) is 0 Å². The van der Waals surface area contributed by atoms with Gasteiger partial charge < -0.3 is 24.8 Å². The lowest BCUT2D eigenvalue weighted by molar-refractivity contribution is -0.145. The molecular formula is C19H23IN2O5S. The van der Waals surface area contributed by atoms with Crippen LogP contribution in [0, 0.1) is 3.57 Å². The Morgan fingerprint density at radius 2 is 1.93 bits per heavy atom. The normalized spacial score (nSPS) is 16.2.